The lowest BCUT2D eigenvalue weighted by Crippen LogP contribution is -2.40. The number of benzene rings is 1. The quantitative estimate of drug-likeness (QED) is 0.712. The number of hydrogen-bond donors (Lipinski definition) is 1. The van der Waals surface area contributed by atoms with Gasteiger partial charge in [-0.2, -0.15) is 0 Å². The van der Waals surface area contributed by atoms with Crippen molar-refractivity contribution in [1.29, 1.82) is 0 Å². The predicted octanol–water partition coefficient (Wildman–Crippen LogP) is 4.57. The molecule has 2 aromatic rings. The van der Waals surface area contributed by atoms with Crippen LogP contribution in [0, 0.1) is 12.8 Å². The van der Waals surface area contributed by atoms with Crippen LogP contribution in [0.25, 0.3) is 0 Å². The van der Waals surface area contributed by atoms with E-state index in [0.717, 1.165) is 63.7 Å². The maximum atomic E-state index is 13.1. The molecule has 0 bridgehead atoms. The second kappa shape index (κ2) is 9.31. The number of piperidine rings is 1. The van der Waals surface area contributed by atoms with Gasteiger partial charge >= 0.3 is 5.97 Å². The summed E-state index contributed by atoms with van der Waals surface area (Å²) in [7, 11) is 1.41. The van der Waals surface area contributed by atoms with Crippen molar-refractivity contribution in [3.63, 3.8) is 0 Å². The van der Waals surface area contributed by atoms with E-state index in [1.54, 1.807) is 11.3 Å². The van der Waals surface area contributed by atoms with E-state index in [1.807, 2.05) is 0 Å². The summed E-state index contributed by atoms with van der Waals surface area (Å²) in [5, 5.41) is 3.78. The van der Waals surface area contributed by atoms with Gasteiger partial charge in [0.1, 0.15) is 5.00 Å². The number of methoxy groups -OCH3 is 1. The molecule has 0 spiro atoms. The minimum Gasteiger partial charge on any atom is -0.465 e. The number of carbonyl (C=O) groups is 2. The Morgan fingerprint density at radius 1 is 1.20 bits per heavy atom. The standard InChI is InChI=1S/C24H30N2O3S/c1-16-8-3-4-9-17(16)14-26-13-7-10-18(15-26)22(27)25-23-21(24(28)29-2)19-11-5-6-12-20(19)30-23/h3-4,8-9,18H,5-7,10-15H2,1-2H3,(H,25,27). The number of likely N-dealkylation sites (tertiary alicyclic amines) is 1. The molecule has 1 N–H and O–H groups in total. The normalized spacial score (nSPS) is 19.2. The van der Waals surface area contributed by atoms with E-state index in [1.165, 1.54) is 23.1 Å². The van der Waals surface area contributed by atoms with Crippen LogP contribution in [-0.2, 0) is 28.9 Å². The second-order valence-corrected chi connectivity index (χ2v) is 9.50. The maximum Gasteiger partial charge on any atom is 0.341 e. The summed E-state index contributed by atoms with van der Waals surface area (Å²) in [4.78, 5) is 29.2. The molecule has 30 heavy (non-hydrogen) atoms. The highest BCUT2D eigenvalue weighted by molar-refractivity contribution is 7.17. The van der Waals surface area contributed by atoms with Gasteiger partial charge in [0.2, 0.25) is 5.91 Å². The van der Waals surface area contributed by atoms with Crippen molar-refractivity contribution in [2.45, 2.75) is 52.0 Å². The highest BCUT2D eigenvalue weighted by Crippen LogP contribution is 2.39. The summed E-state index contributed by atoms with van der Waals surface area (Å²) in [6.07, 6.45) is 5.98. The number of esters is 1. The topological polar surface area (TPSA) is 58.6 Å². The van der Waals surface area contributed by atoms with Crippen molar-refractivity contribution < 1.29 is 14.3 Å². The monoisotopic (exact) mass is 426 g/mol. The number of fused-ring (bicyclic) bond motifs is 1. The van der Waals surface area contributed by atoms with E-state index >= 15 is 0 Å². The fourth-order valence-corrected chi connectivity index (χ4v) is 5.91. The van der Waals surface area contributed by atoms with Gasteiger partial charge in [-0.25, -0.2) is 4.79 Å². The first kappa shape index (κ1) is 21.1. The Morgan fingerprint density at radius 3 is 2.80 bits per heavy atom. The molecule has 1 saturated heterocycles. The zero-order chi connectivity index (χ0) is 21.1. The smallest absolute Gasteiger partial charge is 0.341 e. The molecule has 1 amide bonds. The molecule has 1 aromatic carbocycles. The molecular formula is C24H30N2O3S. The van der Waals surface area contributed by atoms with Crippen molar-refractivity contribution in [3.05, 3.63) is 51.4 Å². The van der Waals surface area contributed by atoms with Gasteiger partial charge < -0.3 is 10.1 Å². The van der Waals surface area contributed by atoms with Gasteiger partial charge in [-0.15, -0.1) is 11.3 Å². The lowest BCUT2D eigenvalue weighted by atomic mass is 9.95. The molecule has 1 aromatic heterocycles. The summed E-state index contributed by atoms with van der Waals surface area (Å²) < 4.78 is 5.03. The van der Waals surface area contributed by atoms with Crippen molar-refractivity contribution >= 4 is 28.2 Å². The Labute approximate surface area is 182 Å². The average molecular weight is 427 g/mol. The predicted molar refractivity (Wildman–Crippen MR) is 120 cm³/mol. The van der Waals surface area contributed by atoms with E-state index in [0.29, 0.717) is 10.6 Å². The summed E-state index contributed by atoms with van der Waals surface area (Å²) in [6.45, 7) is 4.77. The molecule has 2 heterocycles. The Balaban J connectivity index is 1.47. The van der Waals surface area contributed by atoms with E-state index in [2.05, 4.69) is 41.4 Å². The minimum absolute atomic E-state index is 0.0215. The highest BCUT2D eigenvalue weighted by atomic mass is 32.1. The molecule has 0 saturated carbocycles. The summed E-state index contributed by atoms with van der Waals surface area (Å²) in [5.74, 6) is -0.379. The lowest BCUT2D eigenvalue weighted by molar-refractivity contribution is -0.121. The molecule has 160 valence electrons. The van der Waals surface area contributed by atoms with Gasteiger partial charge in [0.25, 0.3) is 0 Å². The second-order valence-electron chi connectivity index (χ2n) is 8.40. The average Bonchev–Trinajstić information content (AvgIpc) is 3.13. The number of carbonyl (C=O) groups excluding carboxylic acids is 2. The van der Waals surface area contributed by atoms with E-state index in [4.69, 9.17) is 4.74 Å². The van der Waals surface area contributed by atoms with Crippen molar-refractivity contribution in [2.24, 2.45) is 5.92 Å². The molecule has 4 rings (SSSR count). The first-order valence-electron chi connectivity index (χ1n) is 10.9. The van der Waals surface area contributed by atoms with Crippen LogP contribution in [0.3, 0.4) is 0 Å². The third-order valence-corrected chi connectivity index (χ3v) is 7.54. The summed E-state index contributed by atoms with van der Waals surface area (Å²) in [6, 6.07) is 8.43. The molecule has 1 fully saturated rings. The van der Waals surface area contributed by atoms with E-state index < -0.39 is 0 Å². The van der Waals surface area contributed by atoms with Gasteiger partial charge in [-0.05, 0) is 68.7 Å². The molecular weight excluding hydrogens is 396 g/mol. The van der Waals surface area contributed by atoms with Crippen LogP contribution in [0.15, 0.2) is 24.3 Å². The Kier molecular flexibility index (Phi) is 6.54. The third-order valence-electron chi connectivity index (χ3n) is 6.33. The van der Waals surface area contributed by atoms with Crippen LogP contribution in [0.1, 0.15) is 57.6 Å². The van der Waals surface area contributed by atoms with Gasteiger partial charge in [0.15, 0.2) is 0 Å². The molecule has 6 heteroatoms. The SMILES string of the molecule is COC(=O)c1c(NC(=O)C2CCCN(Cc3ccccc3C)C2)sc2c1CCCC2. The van der Waals surface area contributed by atoms with Crippen molar-refractivity contribution in [3.8, 4) is 0 Å². The highest BCUT2D eigenvalue weighted by Gasteiger charge is 2.30. The first-order chi connectivity index (χ1) is 14.6. The lowest BCUT2D eigenvalue weighted by Gasteiger charge is -2.32. The minimum atomic E-state index is -0.338. The van der Waals surface area contributed by atoms with Crippen LogP contribution < -0.4 is 5.32 Å². The number of aryl methyl sites for hydroxylation is 2. The molecule has 1 aliphatic carbocycles. The number of nitrogens with one attached hydrogen (secondary N) is 1. The zero-order valence-corrected chi connectivity index (χ0v) is 18.6. The largest absolute Gasteiger partial charge is 0.465 e. The van der Waals surface area contributed by atoms with Crippen molar-refractivity contribution in [2.75, 3.05) is 25.5 Å². The number of hydrogen-bond acceptors (Lipinski definition) is 5. The van der Waals surface area contributed by atoms with Crippen LogP contribution in [-0.4, -0.2) is 37.0 Å². The van der Waals surface area contributed by atoms with Crippen LogP contribution in [0.5, 0.6) is 0 Å². The Bertz CT molecular complexity index is 937. The number of nitrogens with zero attached hydrogens (tertiary/aromatic N) is 1. The fraction of sp³-hybridized carbons (Fsp3) is 0.500. The molecule has 1 atom stereocenters. The van der Waals surface area contributed by atoms with E-state index in [9.17, 15) is 9.59 Å². The molecule has 1 unspecified atom stereocenters. The van der Waals surface area contributed by atoms with Gasteiger partial charge in [-0.1, -0.05) is 24.3 Å². The number of rotatable bonds is 5. The van der Waals surface area contributed by atoms with Gasteiger partial charge in [0, 0.05) is 18.0 Å². The summed E-state index contributed by atoms with van der Waals surface area (Å²) in [5.41, 5.74) is 4.27. The van der Waals surface area contributed by atoms with Gasteiger partial charge in [0.05, 0.1) is 18.6 Å². The van der Waals surface area contributed by atoms with Crippen LogP contribution in [0.2, 0.25) is 0 Å². The maximum absolute atomic E-state index is 13.1. The number of amides is 1. The zero-order valence-electron chi connectivity index (χ0n) is 17.8. The Hall–Kier alpha value is -2.18. The van der Waals surface area contributed by atoms with Crippen LogP contribution >= 0.6 is 11.3 Å². The first-order valence-corrected chi connectivity index (χ1v) is 11.7. The van der Waals surface area contributed by atoms with Gasteiger partial charge in [-0.3, -0.25) is 9.69 Å². The number of thiophene rings is 1. The summed E-state index contributed by atoms with van der Waals surface area (Å²) >= 11 is 1.56. The molecule has 2 aliphatic rings. The number of anilines is 1. The van der Waals surface area contributed by atoms with E-state index in [-0.39, 0.29) is 17.8 Å². The third kappa shape index (κ3) is 4.44. The molecule has 0 radical (unpaired) electrons. The number of ether oxygens (including phenoxy) is 1. The molecule has 1 aliphatic heterocycles. The fourth-order valence-electron chi connectivity index (χ4n) is 4.63. The van der Waals surface area contributed by atoms with Crippen molar-refractivity contribution in [1.82, 2.24) is 4.90 Å². The Morgan fingerprint density at radius 2 is 2.00 bits per heavy atom. The molecule has 5 nitrogen and oxygen atoms in total. The van der Waals surface area contributed by atoms with Crippen LogP contribution in [0.4, 0.5) is 5.00 Å².